The number of rotatable bonds is 5. The lowest BCUT2D eigenvalue weighted by Crippen LogP contribution is -2.42. The first kappa shape index (κ1) is 19.1. The topological polar surface area (TPSA) is 71.5 Å². The first-order chi connectivity index (χ1) is 12.3. The molecule has 2 aromatic rings. The van der Waals surface area contributed by atoms with Crippen LogP contribution < -0.4 is 0 Å². The summed E-state index contributed by atoms with van der Waals surface area (Å²) in [5.41, 5.74) is 1.77. The molecule has 140 valence electrons. The predicted molar refractivity (Wildman–Crippen MR) is 102 cm³/mol. The van der Waals surface area contributed by atoms with Gasteiger partial charge in [-0.2, -0.15) is 0 Å². The average molecular weight is 394 g/mol. The largest absolute Gasteiger partial charge is 0.223 e. The molecule has 0 spiro atoms. The molecule has 0 aromatic heterocycles. The van der Waals surface area contributed by atoms with Crippen LogP contribution in [0.2, 0.25) is 0 Å². The summed E-state index contributed by atoms with van der Waals surface area (Å²) in [6.45, 7) is 2.41. The van der Waals surface area contributed by atoms with Crippen molar-refractivity contribution < 1.29 is 16.8 Å². The fourth-order valence-corrected chi connectivity index (χ4v) is 6.63. The van der Waals surface area contributed by atoms with E-state index in [1.807, 2.05) is 25.1 Å². The van der Waals surface area contributed by atoms with Crippen LogP contribution in [0, 0.1) is 6.92 Å². The minimum absolute atomic E-state index is 0.0508. The van der Waals surface area contributed by atoms with Gasteiger partial charge in [-0.1, -0.05) is 48.0 Å². The van der Waals surface area contributed by atoms with Crippen LogP contribution in [0.4, 0.5) is 0 Å². The Morgan fingerprint density at radius 3 is 2.19 bits per heavy atom. The number of benzene rings is 2. The second-order valence-electron chi connectivity index (χ2n) is 6.70. The van der Waals surface area contributed by atoms with Gasteiger partial charge in [-0.15, -0.1) is 0 Å². The van der Waals surface area contributed by atoms with Gasteiger partial charge in [0, 0.05) is 13.1 Å². The first-order valence-electron chi connectivity index (χ1n) is 8.61. The highest BCUT2D eigenvalue weighted by atomic mass is 32.2. The van der Waals surface area contributed by atoms with Crippen molar-refractivity contribution in [1.29, 1.82) is 0 Å². The SMILES string of the molecule is Cc1cccc(CS(=O)(=O)N2CCC(S(=O)(=O)c3ccccc3)CC2)c1. The van der Waals surface area contributed by atoms with E-state index in [1.165, 1.54) is 4.31 Å². The van der Waals surface area contributed by atoms with Crippen molar-refractivity contribution in [1.82, 2.24) is 4.31 Å². The maximum atomic E-state index is 12.7. The molecule has 0 amide bonds. The van der Waals surface area contributed by atoms with Gasteiger partial charge in [-0.25, -0.2) is 21.1 Å². The van der Waals surface area contributed by atoms with Gasteiger partial charge in [0.15, 0.2) is 9.84 Å². The lowest BCUT2D eigenvalue weighted by molar-refractivity contribution is 0.345. The Hall–Kier alpha value is -1.70. The van der Waals surface area contributed by atoms with Crippen LogP contribution in [0.25, 0.3) is 0 Å². The van der Waals surface area contributed by atoms with Crippen LogP contribution in [-0.4, -0.2) is 39.5 Å². The molecule has 0 unspecified atom stereocenters. The zero-order chi connectivity index (χ0) is 18.8. The smallest absolute Gasteiger partial charge is 0.218 e. The van der Waals surface area contributed by atoms with Gasteiger partial charge in [0.2, 0.25) is 10.0 Å². The number of sulfonamides is 1. The van der Waals surface area contributed by atoms with E-state index in [-0.39, 0.29) is 18.8 Å². The zero-order valence-electron chi connectivity index (χ0n) is 14.7. The van der Waals surface area contributed by atoms with Crippen molar-refractivity contribution >= 4 is 19.9 Å². The average Bonchev–Trinajstić information content (AvgIpc) is 2.62. The van der Waals surface area contributed by atoms with Crippen LogP contribution in [0.15, 0.2) is 59.5 Å². The highest BCUT2D eigenvalue weighted by molar-refractivity contribution is 7.92. The van der Waals surface area contributed by atoms with Crippen molar-refractivity contribution in [3.05, 3.63) is 65.7 Å². The van der Waals surface area contributed by atoms with E-state index in [2.05, 4.69) is 0 Å². The van der Waals surface area contributed by atoms with E-state index in [4.69, 9.17) is 0 Å². The van der Waals surface area contributed by atoms with E-state index in [9.17, 15) is 16.8 Å². The summed E-state index contributed by atoms with van der Waals surface area (Å²) < 4.78 is 52.2. The fraction of sp³-hybridized carbons (Fsp3) is 0.368. The van der Waals surface area contributed by atoms with E-state index in [0.29, 0.717) is 17.7 Å². The van der Waals surface area contributed by atoms with Gasteiger partial charge in [0.25, 0.3) is 0 Å². The second-order valence-corrected chi connectivity index (χ2v) is 10.9. The molecule has 5 nitrogen and oxygen atoms in total. The molecule has 3 rings (SSSR count). The molecule has 1 aliphatic rings. The number of nitrogens with zero attached hydrogens (tertiary/aromatic N) is 1. The predicted octanol–water partition coefficient (Wildman–Crippen LogP) is 2.76. The maximum Gasteiger partial charge on any atom is 0.218 e. The van der Waals surface area contributed by atoms with Crippen molar-refractivity contribution in [3.63, 3.8) is 0 Å². The molecule has 0 aliphatic carbocycles. The van der Waals surface area contributed by atoms with Crippen LogP contribution in [0.3, 0.4) is 0 Å². The minimum Gasteiger partial charge on any atom is -0.223 e. The summed E-state index contributed by atoms with van der Waals surface area (Å²) in [5.74, 6) is -0.0508. The van der Waals surface area contributed by atoms with Crippen LogP contribution in [0.5, 0.6) is 0 Å². The molecule has 7 heteroatoms. The molecule has 0 radical (unpaired) electrons. The quantitative estimate of drug-likeness (QED) is 0.783. The number of sulfone groups is 1. The van der Waals surface area contributed by atoms with Gasteiger partial charge in [-0.05, 0) is 37.5 Å². The van der Waals surface area contributed by atoms with Crippen molar-refractivity contribution in [3.8, 4) is 0 Å². The van der Waals surface area contributed by atoms with Gasteiger partial charge < -0.3 is 0 Å². The number of hydrogen-bond donors (Lipinski definition) is 0. The monoisotopic (exact) mass is 393 g/mol. The third-order valence-electron chi connectivity index (χ3n) is 4.74. The highest BCUT2D eigenvalue weighted by Crippen LogP contribution is 2.26. The summed E-state index contributed by atoms with van der Waals surface area (Å²) in [6.07, 6.45) is 0.647. The lowest BCUT2D eigenvalue weighted by Gasteiger charge is -2.31. The van der Waals surface area contributed by atoms with Crippen molar-refractivity contribution in [2.75, 3.05) is 13.1 Å². The normalized spacial score (nSPS) is 17.3. The van der Waals surface area contributed by atoms with Crippen LogP contribution >= 0.6 is 0 Å². The Bertz CT molecular complexity index is 962. The Labute approximate surface area is 155 Å². The number of piperidine rings is 1. The zero-order valence-corrected chi connectivity index (χ0v) is 16.3. The molecule has 0 saturated carbocycles. The van der Waals surface area contributed by atoms with Crippen LogP contribution in [0.1, 0.15) is 24.0 Å². The molecule has 2 aromatic carbocycles. The molecule has 1 heterocycles. The molecule has 0 atom stereocenters. The Morgan fingerprint density at radius 1 is 0.923 bits per heavy atom. The molecule has 26 heavy (non-hydrogen) atoms. The maximum absolute atomic E-state index is 12.7. The Balaban J connectivity index is 1.68. The molecule has 1 saturated heterocycles. The van der Waals surface area contributed by atoms with E-state index >= 15 is 0 Å². The summed E-state index contributed by atoms with van der Waals surface area (Å²) in [6, 6.07) is 15.8. The summed E-state index contributed by atoms with van der Waals surface area (Å²) in [7, 11) is -6.87. The van der Waals surface area contributed by atoms with Gasteiger partial charge in [-0.3, -0.25) is 0 Å². The first-order valence-corrected chi connectivity index (χ1v) is 11.8. The molecule has 0 bridgehead atoms. The third kappa shape index (κ3) is 4.16. The minimum atomic E-state index is -3.45. The molecular formula is C19H23NO4S2. The van der Waals surface area contributed by atoms with E-state index < -0.39 is 25.1 Å². The second kappa shape index (κ2) is 7.50. The summed E-state index contributed by atoms with van der Waals surface area (Å²) in [5, 5.41) is -0.532. The summed E-state index contributed by atoms with van der Waals surface area (Å²) in [4.78, 5) is 0.307. The van der Waals surface area contributed by atoms with E-state index in [1.54, 1.807) is 36.4 Å². The third-order valence-corrected chi connectivity index (χ3v) is 8.86. The number of hydrogen-bond acceptors (Lipinski definition) is 4. The van der Waals surface area contributed by atoms with Gasteiger partial charge in [0.1, 0.15) is 0 Å². The Kier molecular flexibility index (Phi) is 5.50. The summed E-state index contributed by atoms with van der Waals surface area (Å²) >= 11 is 0. The standard InChI is InChI=1S/C19H23NO4S2/c1-16-6-5-7-17(14-16)15-25(21,22)20-12-10-19(11-13-20)26(23,24)18-8-3-2-4-9-18/h2-9,14,19H,10-13,15H2,1H3. The van der Waals surface area contributed by atoms with Gasteiger partial charge >= 0.3 is 0 Å². The number of aryl methyl sites for hydroxylation is 1. The highest BCUT2D eigenvalue weighted by Gasteiger charge is 2.35. The lowest BCUT2D eigenvalue weighted by atomic mass is 10.2. The van der Waals surface area contributed by atoms with Crippen molar-refractivity contribution in [2.45, 2.75) is 35.7 Å². The molecule has 1 fully saturated rings. The molecular weight excluding hydrogens is 370 g/mol. The molecule has 1 aliphatic heterocycles. The van der Waals surface area contributed by atoms with E-state index in [0.717, 1.165) is 11.1 Å². The van der Waals surface area contributed by atoms with Crippen LogP contribution in [-0.2, 0) is 25.6 Å². The fourth-order valence-electron chi connectivity index (χ4n) is 3.33. The Morgan fingerprint density at radius 2 is 1.58 bits per heavy atom. The molecule has 0 N–H and O–H groups in total. The van der Waals surface area contributed by atoms with Gasteiger partial charge in [0.05, 0.1) is 15.9 Å². The van der Waals surface area contributed by atoms with Crippen molar-refractivity contribution in [2.24, 2.45) is 0 Å².